The monoisotopic (exact) mass is 241 g/mol. The number of primary amides is 1. The van der Waals surface area contributed by atoms with Crippen molar-refractivity contribution in [1.82, 2.24) is 0 Å². The van der Waals surface area contributed by atoms with Crippen LogP contribution in [0.3, 0.4) is 0 Å². The van der Waals surface area contributed by atoms with Crippen LogP contribution in [-0.4, -0.2) is 19.0 Å². The molecule has 0 aliphatic heterocycles. The molecule has 0 aliphatic rings. The molecule has 5 heteroatoms. The molecule has 4 N–H and O–H groups in total. The number of likely N-dealkylation sites (N-methyl/N-ethyl adjacent to an activating group) is 1. The summed E-state index contributed by atoms with van der Waals surface area (Å²) in [5, 5.41) is 0.638. The Morgan fingerprint density at radius 3 is 2.69 bits per heavy atom. The number of nitrogens with zero attached hydrogens (tertiary/aromatic N) is 1. The fraction of sp³-hybridized carbons (Fsp3) is 0.364. The van der Waals surface area contributed by atoms with Gasteiger partial charge in [-0.3, -0.25) is 4.79 Å². The van der Waals surface area contributed by atoms with E-state index in [0.29, 0.717) is 18.1 Å². The highest BCUT2D eigenvalue weighted by Crippen LogP contribution is 2.23. The molecule has 0 saturated heterocycles. The Morgan fingerprint density at radius 1 is 1.50 bits per heavy atom. The zero-order valence-electron chi connectivity index (χ0n) is 9.24. The van der Waals surface area contributed by atoms with E-state index in [1.165, 1.54) is 0 Å². The molecule has 0 aliphatic carbocycles. The summed E-state index contributed by atoms with van der Waals surface area (Å²) in [5.74, 6) is -0.361. The summed E-state index contributed by atoms with van der Waals surface area (Å²) in [7, 11) is 0. The van der Waals surface area contributed by atoms with Crippen molar-refractivity contribution >= 4 is 23.2 Å². The molecule has 0 radical (unpaired) electrons. The topological polar surface area (TPSA) is 72.3 Å². The van der Waals surface area contributed by atoms with E-state index in [1.54, 1.807) is 12.1 Å². The third-order valence-electron chi connectivity index (χ3n) is 2.33. The molecular formula is C11H16ClN3O. The van der Waals surface area contributed by atoms with E-state index in [4.69, 9.17) is 23.1 Å². The van der Waals surface area contributed by atoms with Crippen LogP contribution < -0.4 is 16.4 Å². The number of halogens is 1. The van der Waals surface area contributed by atoms with E-state index in [2.05, 4.69) is 0 Å². The molecule has 1 aromatic carbocycles. The third kappa shape index (κ3) is 3.12. The van der Waals surface area contributed by atoms with Gasteiger partial charge in [-0.25, -0.2) is 0 Å². The molecule has 0 aromatic heterocycles. The number of hydrogen-bond acceptors (Lipinski definition) is 3. The largest absolute Gasteiger partial charge is 0.368 e. The molecule has 1 amide bonds. The lowest BCUT2D eigenvalue weighted by Gasteiger charge is -2.24. The zero-order chi connectivity index (χ0) is 12.1. The smallest absolute Gasteiger partial charge is 0.236 e. The first-order valence-corrected chi connectivity index (χ1v) is 5.48. The Balaban J connectivity index is 3.03. The van der Waals surface area contributed by atoms with Crippen LogP contribution in [-0.2, 0) is 11.3 Å². The lowest BCUT2D eigenvalue weighted by Crippen LogP contribution is -2.34. The molecule has 0 unspecified atom stereocenters. The van der Waals surface area contributed by atoms with E-state index in [0.717, 1.165) is 11.3 Å². The molecule has 0 saturated carbocycles. The number of carbonyl (C=O) groups is 1. The predicted octanol–water partition coefficient (Wildman–Crippen LogP) is 1.11. The van der Waals surface area contributed by atoms with Crippen molar-refractivity contribution in [3.05, 3.63) is 28.8 Å². The molecule has 0 bridgehead atoms. The van der Waals surface area contributed by atoms with Gasteiger partial charge in [-0.05, 0) is 30.7 Å². The van der Waals surface area contributed by atoms with Gasteiger partial charge in [0, 0.05) is 23.8 Å². The summed E-state index contributed by atoms with van der Waals surface area (Å²) in [4.78, 5) is 12.8. The van der Waals surface area contributed by atoms with Crippen molar-refractivity contribution in [2.75, 3.05) is 18.0 Å². The van der Waals surface area contributed by atoms with Crippen LogP contribution in [0, 0.1) is 0 Å². The van der Waals surface area contributed by atoms with Gasteiger partial charge >= 0.3 is 0 Å². The highest BCUT2D eigenvalue weighted by Gasteiger charge is 2.11. The lowest BCUT2D eigenvalue weighted by molar-refractivity contribution is -0.116. The highest BCUT2D eigenvalue weighted by atomic mass is 35.5. The van der Waals surface area contributed by atoms with Gasteiger partial charge in [-0.15, -0.1) is 0 Å². The van der Waals surface area contributed by atoms with Crippen molar-refractivity contribution in [3.63, 3.8) is 0 Å². The molecule has 4 nitrogen and oxygen atoms in total. The van der Waals surface area contributed by atoms with Gasteiger partial charge < -0.3 is 16.4 Å². The van der Waals surface area contributed by atoms with E-state index in [-0.39, 0.29) is 12.5 Å². The van der Waals surface area contributed by atoms with Gasteiger partial charge in [-0.2, -0.15) is 0 Å². The van der Waals surface area contributed by atoms with E-state index >= 15 is 0 Å². The number of anilines is 1. The Hall–Kier alpha value is -1.26. The zero-order valence-corrected chi connectivity index (χ0v) is 10.00. The summed E-state index contributed by atoms with van der Waals surface area (Å²) < 4.78 is 0. The Morgan fingerprint density at radius 2 is 2.19 bits per heavy atom. The molecule has 16 heavy (non-hydrogen) atoms. The van der Waals surface area contributed by atoms with Crippen LogP contribution in [0.25, 0.3) is 0 Å². The van der Waals surface area contributed by atoms with Gasteiger partial charge in [0.25, 0.3) is 0 Å². The Kier molecular flexibility index (Phi) is 4.58. The number of hydrogen-bond donors (Lipinski definition) is 2. The SMILES string of the molecule is CCN(CC(N)=O)c1ccc(Cl)cc1CN. The molecule has 88 valence electrons. The maximum Gasteiger partial charge on any atom is 0.236 e. The predicted molar refractivity (Wildman–Crippen MR) is 66.4 cm³/mol. The van der Waals surface area contributed by atoms with Crippen molar-refractivity contribution in [2.24, 2.45) is 11.5 Å². The molecule has 1 aromatic rings. The normalized spacial score (nSPS) is 10.2. The molecule has 0 spiro atoms. The number of benzene rings is 1. The average molecular weight is 242 g/mol. The third-order valence-corrected chi connectivity index (χ3v) is 2.57. The molecule has 0 fully saturated rings. The average Bonchev–Trinajstić information content (AvgIpc) is 2.25. The Bertz CT molecular complexity index is 381. The fourth-order valence-electron chi connectivity index (χ4n) is 1.58. The van der Waals surface area contributed by atoms with Crippen molar-refractivity contribution in [3.8, 4) is 0 Å². The number of amides is 1. The van der Waals surface area contributed by atoms with Gasteiger partial charge in [0.05, 0.1) is 6.54 Å². The minimum atomic E-state index is -0.361. The van der Waals surface area contributed by atoms with Gasteiger partial charge in [-0.1, -0.05) is 11.6 Å². The standard InChI is InChI=1S/C11H16ClN3O/c1-2-15(7-11(14)16)10-4-3-9(12)5-8(10)6-13/h3-5H,2,6-7,13H2,1H3,(H2,14,16). The fourth-order valence-corrected chi connectivity index (χ4v) is 1.78. The summed E-state index contributed by atoms with van der Waals surface area (Å²) >= 11 is 5.88. The van der Waals surface area contributed by atoms with E-state index in [9.17, 15) is 4.79 Å². The van der Waals surface area contributed by atoms with Crippen LogP contribution in [0.15, 0.2) is 18.2 Å². The van der Waals surface area contributed by atoms with Crippen LogP contribution in [0.4, 0.5) is 5.69 Å². The maximum atomic E-state index is 10.9. The minimum absolute atomic E-state index is 0.186. The second-order valence-electron chi connectivity index (χ2n) is 3.46. The second kappa shape index (κ2) is 5.72. The van der Waals surface area contributed by atoms with Crippen LogP contribution in [0.1, 0.15) is 12.5 Å². The molecule has 1 rings (SSSR count). The van der Waals surface area contributed by atoms with Gasteiger partial charge in [0.1, 0.15) is 0 Å². The summed E-state index contributed by atoms with van der Waals surface area (Å²) in [6.07, 6.45) is 0. The summed E-state index contributed by atoms with van der Waals surface area (Å²) in [5.41, 5.74) is 12.7. The first-order chi connectivity index (χ1) is 7.58. The van der Waals surface area contributed by atoms with Crippen molar-refractivity contribution in [1.29, 1.82) is 0 Å². The minimum Gasteiger partial charge on any atom is -0.368 e. The molecule has 0 atom stereocenters. The lowest BCUT2D eigenvalue weighted by atomic mass is 10.1. The van der Waals surface area contributed by atoms with Crippen molar-refractivity contribution in [2.45, 2.75) is 13.5 Å². The number of rotatable bonds is 5. The van der Waals surface area contributed by atoms with Crippen LogP contribution >= 0.6 is 11.6 Å². The second-order valence-corrected chi connectivity index (χ2v) is 3.89. The van der Waals surface area contributed by atoms with E-state index < -0.39 is 0 Å². The molecular weight excluding hydrogens is 226 g/mol. The van der Waals surface area contributed by atoms with Crippen molar-refractivity contribution < 1.29 is 4.79 Å². The maximum absolute atomic E-state index is 10.9. The van der Waals surface area contributed by atoms with Crippen LogP contribution in [0.2, 0.25) is 5.02 Å². The summed E-state index contributed by atoms with van der Waals surface area (Å²) in [6.45, 7) is 3.21. The van der Waals surface area contributed by atoms with Crippen LogP contribution in [0.5, 0.6) is 0 Å². The first kappa shape index (κ1) is 12.8. The van der Waals surface area contributed by atoms with Gasteiger partial charge in [0.15, 0.2) is 0 Å². The quantitative estimate of drug-likeness (QED) is 0.811. The number of nitrogens with two attached hydrogens (primary N) is 2. The van der Waals surface area contributed by atoms with E-state index in [1.807, 2.05) is 17.9 Å². The number of carbonyl (C=O) groups excluding carboxylic acids is 1. The summed E-state index contributed by atoms with van der Waals surface area (Å²) in [6, 6.07) is 5.44. The van der Waals surface area contributed by atoms with Gasteiger partial charge in [0.2, 0.25) is 5.91 Å². The Labute approximate surface area is 100 Å². The highest BCUT2D eigenvalue weighted by molar-refractivity contribution is 6.30. The first-order valence-electron chi connectivity index (χ1n) is 5.10. The molecule has 0 heterocycles.